The van der Waals surface area contributed by atoms with Crippen molar-refractivity contribution in [3.05, 3.63) is 23.8 Å². The SMILES string of the molecule is CCOc1ccc(C(CCO)N(C)C)cc1OCC. The third-order valence-corrected chi connectivity index (χ3v) is 2.98. The maximum absolute atomic E-state index is 9.18. The standard InChI is InChI=1S/C15H25NO3/c1-5-18-14-8-7-12(11-15(14)19-6-2)13(9-10-17)16(3)4/h7-8,11,13,17H,5-6,9-10H2,1-4H3. The summed E-state index contributed by atoms with van der Waals surface area (Å²) in [6.45, 7) is 5.31. The summed E-state index contributed by atoms with van der Waals surface area (Å²) < 4.78 is 11.2. The molecule has 4 nitrogen and oxygen atoms in total. The first-order valence-electron chi connectivity index (χ1n) is 6.80. The topological polar surface area (TPSA) is 41.9 Å². The Morgan fingerprint density at radius 2 is 1.74 bits per heavy atom. The lowest BCUT2D eigenvalue weighted by molar-refractivity contribution is 0.210. The first-order chi connectivity index (χ1) is 9.13. The quantitative estimate of drug-likeness (QED) is 0.785. The molecule has 0 radical (unpaired) electrons. The van der Waals surface area contributed by atoms with Crippen LogP contribution in [0.2, 0.25) is 0 Å². The number of aliphatic hydroxyl groups excluding tert-OH is 1. The fraction of sp³-hybridized carbons (Fsp3) is 0.600. The second kappa shape index (κ2) is 8.02. The molecule has 1 rings (SSSR count). The number of nitrogens with zero attached hydrogens (tertiary/aromatic N) is 1. The Bertz CT molecular complexity index is 380. The Labute approximate surface area is 115 Å². The van der Waals surface area contributed by atoms with Gasteiger partial charge in [0.25, 0.3) is 0 Å². The molecule has 19 heavy (non-hydrogen) atoms. The molecule has 108 valence electrons. The third kappa shape index (κ3) is 4.40. The van der Waals surface area contributed by atoms with Gasteiger partial charge in [-0.3, -0.25) is 0 Å². The normalized spacial score (nSPS) is 12.5. The minimum absolute atomic E-state index is 0.167. The number of hydrogen-bond acceptors (Lipinski definition) is 4. The minimum Gasteiger partial charge on any atom is -0.490 e. The van der Waals surface area contributed by atoms with E-state index in [4.69, 9.17) is 9.47 Å². The van der Waals surface area contributed by atoms with Crippen LogP contribution in [0.4, 0.5) is 0 Å². The smallest absolute Gasteiger partial charge is 0.161 e. The fourth-order valence-electron chi connectivity index (χ4n) is 2.12. The number of hydrogen-bond donors (Lipinski definition) is 1. The summed E-state index contributed by atoms with van der Waals surface area (Å²) in [5.74, 6) is 1.54. The summed E-state index contributed by atoms with van der Waals surface area (Å²) in [4.78, 5) is 2.10. The Kier molecular flexibility index (Phi) is 6.67. The predicted octanol–water partition coefficient (Wildman–Crippen LogP) is 2.47. The van der Waals surface area contributed by atoms with Crippen molar-refractivity contribution in [1.82, 2.24) is 4.90 Å². The second-order valence-corrected chi connectivity index (χ2v) is 4.56. The van der Waals surface area contributed by atoms with E-state index < -0.39 is 0 Å². The maximum atomic E-state index is 9.18. The van der Waals surface area contributed by atoms with E-state index in [2.05, 4.69) is 4.90 Å². The van der Waals surface area contributed by atoms with Crippen molar-refractivity contribution in [2.75, 3.05) is 33.9 Å². The van der Waals surface area contributed by atoms with Gasteiger partial charge in [0.2, 0.25) is 0 Å². The van der Waals surface area contributed by atoms with Crippen molar-refractivity contribution in [1.29, 1.82) is 0 Å². The van der Waals surface area contributed by atoms with Crippen molar-refractivity contribution >= 4 is 0 Å². The maximum Gasteiger partial charge on any atom is 0.161 e. The van der Waals surface area contributed by atoms with Gasteiger partial charge >= 0.3 is 0 Å². The third-order valence-electron chi connectivity index (χ3n) is 2.98. The largest absolute Gasteiger partial charge is 0.490 e. The molecule has 1 atom stereocenters. The zero-order chi connectivity index (χ0) is 14.3. The Hall–Kier alpha value is -1.26. The first-order valence-corrected chi connectivity index (χ1v) is 6.80. The van der Waals surface area contributed by atoms with E-state index in [0.717, 1.165) is 17.1 Å². The highest BCUT2D eigenvalue weighted by molar-refractivity contribution is 5.44. The number of rotatable bonds is 8. The number of benzene rings is 1. The average molecular weight is 267 g/mol. The van der Waals surface area contributed by atoms with E-state index in [9.17, 15) is 5.11 Å². The highest BCUT2D eigenvalue weighted by Crippen LogP contribution is 2.32. The molecule has 0 saturated heterocycles. The van der Waals surface area contributed by atoms with Gasteiger partial charge in [0.05, 0.1) is 13.2 Å². The summed E-state index contributed by atoms with van der Waals surface area (Å²) in [5, 5.41) is 9.18. The molecule has 0 aromatic heterocycles. The summed E-state index contributed by atoms with van der Waals surface area (Å²) in [6, 6.07) is 6.17. The summed E-state index contributed by atoms with van der Waals surface area (Å²) in [7, 11) is 4.02. The molecule has 0 fully saturated rings. The molecule has 0 aliphatic rings. The number of aliphatic hydroxyl groups is 1. The average Bonchev–Trinajstić information content (AvgIpc) is 2.38. The van der Waals surface area contributed by atoms with Crippen LogP contribution >= 0.6 is 0 Å². The summed E-state index contributed by atoms with van der Waals surface area (Å²) in [5.41, 5.74) is 1.13. The van der Waals surface area contributed by atoms with Crippen LogP contribution in [0.25, 0.3) is 0 Å². The molecular formula is C15H25NO3. The highest BCUT2D eigenvalue weighted by atomic mass is 16.5. The molecule has 1 unspecified atom stereocenters. The molecule has 0 spiro atoms. The van der Waals surface area contributed by atoms with Crippen LogP contribution in [0, 0.1) is 0 Å². The lowest BCUT2D eigenvalue weighted by Gasteiger charge is -2.25. The zero-order valence-electron chi connectivity index (χ0n) is 12.3. The zero-order valence-corrected chi connectivity index (χ0v) is 12.3. The van der Waals surface area contributed by atoms with Gasteiger partial charge in [-0.25, -0.2) is 0 Å². The van der Waals surface area contributed by atoms with Crippen molar-refractivity contribution in [3.63, 3.8) is 0 Å². The van der Waals surface area contributed by atoms with Crippen LogP contribution in [-0.4, -0.2) is 43.9 Å². The van der Waals surface area contributed by atoms with Gasteiger partial charge in [-0.2, -0.15) is 0 Å². The van der Waals surface area contributed by atoms with Gasteiger partial charge in [-0.15, -0.1) is 0 Å². The minimum atomic E-state index is 0.167. The van der Waals surface area contributed by atoms with Gasteiger partial charge in [0, 0.05) is 12.6 Å². The molecule has 1 aromatic carbocycles. The van der Waals surface area contributed by atoms with Crippen molar-refractivity contribution in [2.45, 2.75) is 26.3 Å². The molecule has 0 saturated carbocycles. The van der Waals surface area contributed by atoms with Gasteiger partial charge in [-0.1, -0.05) is 6.07 Å². The van der Waals surface area contributed by atoms with E-state index in [-0.39, 0.29) is 12.6 Å². The van der Waals surface area contributed by atoms with Crippen LogP contribution in [0.5, 0.6) is 11.5 Å². The van der Waals surface area contributed by atoms with E-state index in [0.29, 0.717) is 19.6 Å². The molecule has 0 amide bonds. The first kappa shape index (κ1) is 15.8. The van der Waals surface area contributed by atoms with Crippen molar-refractivity contribution in [3.8, 4) is 11.5 Å². The highest BCUT2D eigenvalue weighted by Gasteiger charge is 2.16. The lowest BCUT2D eigenvalue weighted by atomic mass is 10.0. The summed E-state index contributed by atoms with van der Waals surface area (Å²) in [6.07, 6.45) is 0.701. The van der Waals surface area contributed by atoms with E-state index in [1.165, 1.54) is 0 Å². The van der Waals surface area contributed by atoms with Gasteiger partial charge in [0.15, 0.2) is 11.5 Å². The van der Waals surface area contributed by atoms with Gasteiger partial charge < -0.3 is 19.5 Å². The number of ether oxygens (including phenoxy) is 2. The summed E-state index contributed by atoms with van der Waals surface area (Å²) >= 11 is 0. The van der Waals surface area contributed by atoms with Gasteiger partial charge in [-0.05, 0) is 52.1 Å². The molecule has 1 N–H and O–H groups in total. The van der Waals surface area contributed by atoms with Crippen molar-refractivity contribution in [2.24, 2.45) is 0 Å². The van der Waals surface area contributed by atoms with Gasteiger partial charge in [0.1, 0.15) is 0 Å². The van der Waals surface area contributed by atoms with Crippen LogP contribution in [0.15, 0.2) is 18.2 Å². The Morgan fingerprint density at radius 1 is 1.11 bits per heavy atom. The van der Waals surface area contributed by atoms with E-state index in [1.54, 1.807) is 0 Å². The van der Waals surface area contributed by atoms with Crippen LogP contribution in [0.1, 0.15) is 31.9 Å². The lowest BCUT2D eigenvalue weighted by Crippen LogP contribution is -2.21. The Morgan fingerprint density at radius 3 is 2.26 bits per heavy atom. The fourth-order valence-corrected chi connectivity index (χ4v) is 2.12. The van der Waals surface area contributed by atoms with Crippen LogP contribution in [0.3, 0.4) is 0 Å². The molecule has 0 aliphatic heterocycles. The molecule has 0 bridgehead atoms. The molecular weight excluding hydrogens is 242 g/mol. The molecule has 1 aromatic rings. The Balaban J connectivity index is 3.04. The monoisotopic (exact) mass is 267 g/mol. The molecule has 4 heteroatoms. The predicted molar refractivity (Wildman–Crippen MR) is 76.9 cm³/mol. The van der Waals surface area contributed by atoms with E-state index in [1.807, 2.05) is 46.1 Å². The van der Waals surface area contributed by atoms with Crippen molar-refractivity contribution < 1.29 is 14.6 Å². The molecule has 0 heterocycles. The van der Waals surface area contributed by atoms with Crippen LogP contribution in [-0.2, 0) is 0 Å². The second-order valence-electron chi connectivity index (χ2n) is 4.56. The van der Waals surface area contributed by atoms with Crippen LogP contribution < -0.4 is 9.47 Å². The van der Waals surface area contributed by atoms with E-state index >= 15 is 0 Å². The molecule has 0 aliphatic carbocycles.